The molecule has 0 atom stereocenters. The summed E-state index contributed by atoms with van der Waals surface area (Å²) in [6.07, 6.45) is 7.13. The zero-order chi connectivity index (χ0) is 12.8. The summed E-state index contributed by atoms with van der Waals surface area (Å²) in [5, 5.41) is 0.522. The molecule has 2 rings (SSSR count). The fourth-order valence-electron chi connectivity index (χ4n) is 1.50. The third kappa shape index (κ3) is 3.96. The number of rotatable bonds is 5. The summed E-state index contributed by atoms with van der Waals surface area (Å²) in [5.74, 6) is 0.481. The van der Waals surface area contributed by atoms with Crippen LogP contribution in [0.3, 0.4) is 0 Å². The summed E-state index contributed by atoms with van der Waals surface area (Å²) in [7, 11) is 0. The van der Waals surface area contributed by atoms with Gasteiger partial charge in [0.25, 0.3) is 0 Å². The minimum absolute atomic E-state index is 0.481. The lowest BCUT2D eigenvalue weighted by molar-refractivity contribution is 0.299. The Balaban J connectivity index is 1.79. The highest BCUT2D eigenvalue weighted by Crippen LogP contribution is 2.24. The van der Waals surface area contributed by atoms with Crippen molar-refractivity contribution < 1.29 is 4.74 Å². The molecule has 5 heteroatoms. The van der Waals surface area contributed by atoms with E-state index in [-0.39, 0.29) is 0 Å². The van der Waals surface area contributed by atoms with E-state index in [2.05, 4.69) is 25.9 Å². The molecule has 18 heavy (non-hydrogen) atoms. The maximum absolute atomic E-state index is 6.00. The molecule has 3 nitrogen and oxygen atoms in total. The first-order valence-corrected chi connectivity index (χ1v) is 6.75. The predicted octanol–water partition coefficient (Wildman–Crippen LogP) is 3.90. The van der Waals surface area contributed by atoms with Gasteiger partial charge in [0, 0.05) is 23.1 Å². The van der Waals surface area contributed by atoms with E-state index in [0.717, 1.165) is 17.3 Å². The van der Waals surface area contributed by atoms with E-state index in [0.29, 0.717) is 17.5 Å². The number of ether oxygens (including phenoxy) is 1. The molecule has 2 aromatic rings. The first-order chi connectivity index (χ1) is 8.75. The molecule has 0 fully saturated rings. The number of pyridine rings is 2. The molecule has 0 amide bonds. The molecule has 0 radical (unpaired) electrons. The van der Waals surface area contributed by atoms with E-state index in [1.165, 1.54) is 5.56 Å². The van der Waals surface area contributed by atoms with Gasteiger partial charge in [-0.1, -0.05) is 11.6 Å². The molecule has 2 heterocycles. The molecular formula is C13H12BrClN2O. The summed E-state index contributed by atoms with van der Waals surface area (Å²) in [6.45, 7) is 0.594. The Morgan fingerprint density at radius 2 is 2.06 bits per heavy atom. The van der Waals surface area contributed by atoms with Crippen molar-refractivity contribution in [2.45, 2.75) is 12.8 Å². The molecule has 0 aliphatic carbocycles. The minimum atomic E-state index is 0.481. The first kappa shape index (κ1) is 13.3. The van der Waals surface area contributed by atoms with Crippen molar-refractivity contribution in [2.24, 2.45) is 0 Å². The summed E-state index contributed by atoms with van der Waals surface area (Å²) >= 11 is 9.30. The van der Waals surface area contributed by atoms with Crippen LogP contribution in [-0.4, -0.2) is 16.6 Å². The summed E-state index contributed by atoms with van der Waals surface area (Å²) in [6, 6.07) is 5.78. The van der Waals surface area contributed by atoms with Crippen LogP contribution in [0.25, 0.3) is 0 Å². The molecule has 0 saturated heterocycles. The van der Waals surface area contributed by atoms with Crippen LogP contribution < -0.4 is 4.74 Å². The largest absolute Gasteiger partial charge is 0.477 e. The average Bonchev–Trinajstić information content (AvgIpc) is 2.38. The van der Waals surface area contributed by atoms with Gasteiger partial charge >= 0.3 is 0 Å². The highest BCUT2D eigenvalue weighted by atomic mass is 79.9. The molecule has 0 spiro atoms. The van der Waals surface area contributed by atoms with Crippen molar-refractivity contribution in [1.82, 2.24) is 9.97 Å². The third-order valence-corrected chi connectivity index (χ3v) is 3.08. The SMILES string of the molecule is Clc1cc(Br)cnc1OCCCc1ccncc1. The zero-order valence-corrected chi connectivity index (χ0v) is 12.0. The molecule has 0 N–H and O–H groups in total. The second-order valence-corrected chi connectivity index (χ2v) is 5.07. The highest BCUT2D eigenvalue weighted by molar-refractivity contribution is 9.10. The van der Waals surface area contributed by atoms with Crippen molar-refractivity contribution in [3.8, 4) is 5.88 Å². The predicted molar refractivity (Wildman–Crippen MR) is 75.0 cm³/mol. The van der Waals surface area contributed by atoms with Gasteiger partial charge in [-0.15, -0.1) is 0 Å². The second-order valence-electron chi connectivity index (χ2n) is 3.75. The number of aromatic nitrogens is 2. The molecule has 0 bridgehead atoms. The van der Waals surface area contributed by atoms with Crippen molar-refractivity contribution in [2.75, 3.05) is 6.61 Å². The Morgan fingerprint density at radius 1 is 1.28 bits per heavy atom. The van der Waals surface area contributed by atoms with Crippen molar-refractivity contribution in [1.29, 1.82) is 0 Å². The lowest BCUT2D eigenvalue weighted by Crippen LogP contribution is -2.01. The molecule has 2 aromatic heterocycles. The third-order valence-electron chi connectivity index (χ3n) is 2.37. The van der Waals surface area contributed by atoms with E-state index in [1.54, 1.807) is 24.7 Å². The number of aryl methyl sites for hydroxylation is 1. The number of nitrogens with zero attached hydrogens (tertiary/aromatic N) is 2. The summed E-state index contributed by atoms with van der Waals surface area (Å²) in [5.41, 5.74) is 1.25. The molecule has 0 aliphatic heterocycles. The monoisotopic (exact) mass is 326 g/mol. The van der Waals surface area contributed by atoms with Crippen molar-refractivity contribution in [3.63, 3.8) is 0 Å². The molecule has 0 unspecified atom stereocenters. The van der Waals surface area contributed by atoms with E-state index < -0.39 is 0 Å². The Morgan fingerprint density at radius 3 is 2.78 bits per heavy atom. The molecular weight excluding hydrogens is 316 g/mol. The van der Waals surface area contributed by atoms with Crippen molar-refractivity contribution >= 4 is 27.5 Å². The lowest BCUT2D eigenvalue weighted by Gasteiger charge is -2.06. The van der Waals surface area contributed by atoms with Crippen LogP contribution in [0.1, 0.15) is 12.0 Å². The van der Waals surface area contributed by atoms with Crippen LogP contribution in [0.2, 0.25) is 5.02 Å². The summed E-state index contributed by atoms with van der Waals surface area (Å²) in [4.78, 5) is 8.09. The standard InChI is InChI=1S/C13H12BrClN2O/c14-11-8-12(15)13(17-9-11)18-7-1-2-10-3-5-16-6-4-10/h3-6,8-9H,1-2,7H2. The van der Waals surface area contributed by atoms with Gasteiger partial charge in [-0.05, 0) is 52.5 Å². The van der Waals surface area contributed by atoms with Gasteiger partial charge in [-0.25, -0.2) is 4.98 Å². The van der Waals surface area contributed by atoms with Crippen LogP contribution in [0.15, 0.2) is 41.3 Å². The van der Waals surface area contributed by atoms with Gasteiger partial charge in [-0.3, -0.25) is 4.98 Å². The molecule has 0 aliphatic rings. The molecule has 94 valence electrons. The Kier molecular flexibility index (Phi) is 4.96. The second kappa shape index (κ2) is 6.71. The van der Waals surface area contributed by atoms with Gasteiger partial charge in [0.1, 0.15) is 5.02 Å². The zero-order valence-electron chi connectivity index (χ0n) is 9.64. The van der Waals surface area contributed by atoms with Gasteiger partial charge in [0.15, 0.2) is 0 Å². The van der Waals surface area contributed by atoms with Crippen LogP contribution in [-0.2, 0) is 6.42 Å². The first-order valence-electron chi connectivity index (χ1n) is 5.58. The van der Waals surface area contributed by atoms with E-state index in [4.69, 9.17) is 16.3 Å². The van der Waals surface area contributed by atoms with Gasteiger partial charge in [0.05, 0.1) is 6.61 Å². The topological polar surface area (TPSA) is 35.0 Å². The Bertz CT molecular complexity index is 508. The Hall–Kier alpha value is -1.13. The van der Waals surface area contributed by atoms with Gasteiger partial charge in [0.2, 0.25) is 5.88 Å². The molecule has 0 aromatic carbocycles. The Labute approximate surface area is 119 Å². The van der Waals surface area contributed by atoms with Crippen LogP contribution in [0.5, 0.6) is 5.88 Å². The van der Waals surface area contributed by atoms with Crippen LogP contribution in [0, 0.1) is 0 Å². The maximum atomic E-state index is 6.00. The van der Waals surface area contributed by atoms with Crippen LogP contribution in [0.4, 0.5) is 0 Å². The average molecular weight is 328 g/mol. The lowest BCUT2D eigenvalue weighted by atomic mass is 10.1. The number of hydrogen-bond acceptors (Lipinski definition) is 3. The fraction of sp³-hybridized carbons (Fsp3) is 0.231. The van der Waals surface area contributed by atoms with Gasteiger partial charge < -0.3 is 4.74 Å². The minimum Gasteiger partial charge on any atom is -0.477 e. The molecule has 0 saturated carbocycles. The summed E-state index contributed by atoms with van der Waals surface area (Å²) < 4.78 is 6.38. The van der Waals surface area contributed by atoms with Gasteiger partial charge in [-0.2, -0.15) is 0 Å². The number of halogens is 2. The van der Waals surface area contributed by atoms with E-state index in [1.807, 2.05) is 12.1 Å². The quantitative estimate of drug-likeness (QED) is 0.781. The van der Waals surface area contributed by atoms with E-state index >= 15 is 0 Å². The van der Waals surface area contributed by atoms with Crippen molar-refractivity contribution in [3.05, 3.63) is 51.8 Å². The van der Waals surface area contributed by atoms with E-state index in [9.17, 15) is 0 Å². The maximum Gasteiger partial charge on any atom is 0.232 e. The fourth-order valence-corrected chi connectivity index (χ4v) is 2.19. The smallest absolute Gasteiger partial charge is 0.232 e. The normalized spacial score (nSPS) is 10.3. The van der Waals surface area contributed by atoms with Crippen LogP contribution >= 0.6 is 27.5 Å². The number of hydrogen-bond donors (Lipinski definition) is 0. The highest BCUT2D eigenvalue weighted by Gasteiger charge is 2.03.